The van der Waals surface area contributed by atoms with Crippen molar-refractivity contribution in [3.8, 4) is 5.75 Å². The zero-order valence-corrected chi connectivity index (χ0v) is 18.4. The van der Waals surface area contributed by atoms with Crippen molar-refractivity contribution in [3.05, 3.63) is 65.7 Å². The Hall–Kier alpha value is -1.62. The van der Waals surface area contributed by atoms with Gasteiger partial charge in [-0.05, 0) is 28.3 Å². The summed E-state index contributed by atoms with van der Waals surface area (Å²) < 4.78 is 6.79. The third-order valence-corrected chi connectivity index (χ3v) is 11.7. The van der Waals surface area contributed by atoms with Gasteiger partial charge in [0.1, 0.15) is 18.0 Å². The summed E-state index contributed by atoms with van der Waals surface area (Å²) >= 11 is 0. The summed E-state index contributed by atoms with van der Waals surface area (Å²) in [5.74, 6) is 0.697. The first kappa shape index (κ1) is 21.7. The summed E-state index contributed by atoms with van der Waals surface area (Å²) in [4.78, 5) is 0. The van der Waals surface area contributed by atoms with Crippen LogP contribution in [0.3, 0.4) is 0 Å². The number of hydrogen-bond acceptors (Lipinski definition) is 3. The molecule has 4 heteroatoms. The molecule has 2 N–H and O–H groups in total. The average molecular weight is 387 g/mol. The van der Waals surface area contributed by atoms with Crippen molar-refractivity contribution in [2.24, 2.45) is 0 Å². The first-order valence-electron chi connectivity index (χ1n) is 9.90. The molecule has 0 saturated carbocycles. The first-order chi connectivity index (χ1) is 12.7. The van der Waals surface area contributed by atoms with Gasteiger partial charge < -0.3 is 14.6 Å². The van der Waals surface area contributed by atoms with Crippen LogP contribution >= 0.6 is 0 Å². The summed E-state index contributed by atoms with van der Waals surface area (Å²) in [5.41, 5.74) is 2.64. The van der Waals surface area contributed by atoms with E-state index in [4.69, 9.17) is 4.43 Å². The van der Waals surface area contributed by atoms with Gasteiger partial charge in [0, 0.05) is 5.56 Å². The fourth-order valence-electron chi connectivity index (χ4n) is 4.36. The summed E-state index contributed by atoms with van der Waals surface area (Å²) in [6.07, 6.45) is -2.04. The maximum absolute atomic E-state index is 10.9. The molecule has 0 amide bonds. The molecule has 0 radical (unpaired) electrons. The first-order valence-corrected chi connectivity index (χ1v) is 12.0. The Bertz CT molecular complexity index is 691. The maximum Gasteiger partial charge on any atom is 0.258 e. The summed E-state index contributed by atoms with van der Waals surface area (Å²) in [6.45, 7) is 13.4. The topological polar surface area (TPSA) is 49.7 Å². The van der Waals surface area contributed by atoms with Crippen molar-refractivity contribution in [2.45, 2.75) is 70.4 Å². The van der Waals surface area contributed by atoms with Crippen LogP contribution in [0.15, 0.2) is 54.6 Å². The van der Waals surface area contributed by atoms with Gasteiger partial charge in [-0.15, -0.1) is 0 Å². The Morgan fingerprint density at radius 2 is 1.15 bits per heavy atom. The predicted molar refractivity (Wildman–Crippen MR) is 114 cm³/mol. The monoisotopic (exact) mass is 386 g/mol. The summed E-state index contributed by atoms with van der Waals surface area (Å²) in [6, 6.07) is 16.9. The van der Waals surface area contributed by atoms with Crippen LogP contribution in [0.2, 0.25) is 16.6 Å². The van der Waals surface area contributed by atoms with Crippen LogP contribution in [-0.4, -0.2) is 18.5 Å². The predicted octanol–water partition coefficient (Wildman–Crippen LogP) is 6.01. The second-order valence-electron chi connectivity index (χ2n) is 8.26. The largest absolute Gasteiger partial charge is 0.542 e. The van der Waals surface area contributed by atoms with E-state index in [1.54, 1.807) is 0 Å². The Labute approximate surface area is 165 Å². The molecule has 0 unspecified atom stereocenters. The summed E-state index contributed by atoms with van der Waals surface area (Å²) in [7, 11) is -2.15. The molecule has 0 bridgehead atoms. The van der Waals surface area contributed by atoms with E-state index < -0.39 is 20.5 Å². The van der Waals surface area contributed by atoms with Crippen LogP contribution in [0, 0.1) is 0 Å². The van der Waals surface area contributed by atoms with Gasteiger partial charge in [-0.3, -0.25) is 0 Å². The molecule has 3 nitrogen and oxygen atoms in total. The van der Waals surface area contributed by atoms with Gasteiger partial charge in [-0.2, -0.15) is 0 Å². The number of rotatable bonds is 8. The number of benzene rings is 2. The van der Waals surface area contributed by atoms with Crippen molar-refractivity contribution in [2.75, 3.05) is 0 Å². The van der Waals surface area contributed by atoms with Gasteiger partial charge in [-0.1, -0.05) is 90.1 Å². The van der Waals surface area contributed by atoms with Gasteiger partial charge in [0.15, 0.2) is 0 Å². The van der Waals surface area contributed by atoms with E-state index in [1.165, 1.54) is 0 Å². The molecule has 0 aliphatic rings. The lowest BCUT2D eigenvalue weighted by Gasteiger charge is -2.43. The molecule has 27 heavy (non-hydrogen) atoms. The zero-order valence-electron chi connectivity index (χ0n) is 17.4. The van der Waals surface area contributed by atoms with Gasteiger partial charge in [0.05, 0.1) is 0 Å². The van der Waals surface area contributed by atoms with Crippen molar-refractivity contribution >= 4 is 8.32 Å². The molecule has 2 aromatic carbocycles. The minimum absolute atomic E-state index is 0.432. The molecule has 148 valence electrons. The van der Waals surface area contributed by atoms with Gasteiger partial charge in [-0.25, -0.2) is 0 Å². The van der Waals surface area contributed by atoms with Crippen LogP contribution in [-0.2, 0) is 0 Å². The lowest BCUT2D eigenvalue weighted by Crippen LogP contribution is -2.51. The number of aliphatic hydroxyl groups is 2. The normalized spacial score (nSPS) is 14.6. The number of aliphatic hydroxyl groups excluding tert-OH is 2. The smallest absolute Gasteiger partial charge is 0.258 e. The highest BCUT2D eigenvalue weighted by Gasteiger charge is 2.47. The molecule has 0 heterocycles. The van der Waals surface area contributed by atoms with Crippen molar-refractivity contribution < 1.29 is 14.6 Å². The Balaban J connectivity index is 2.42. The fraction of sp³-hybridized carbons (Fsp3) is 0.478. The standard InChI is InChI=1S/C23H34O3Si/c1-16(2)27(17(3)4,18(5)6)26-21-15-11-10-14-20(21)23(25)22(24)19-12-8-7-9-13-19/h7-18,22-25H,1-6H3/t22-,23+/m1/s1. The quantitative estimate of drug-likeness (QED) is 0.546. The van der Waals surface area contributed by atoms with Crippen LogP contribution in [0.1, 0.15) is 64.9 Å². The SMILES string of the molecule is CC(C)[Si](Oc1ccccc1[C@H](O)[C@H](O)c1ccccc1)(C(C)C)C(C)C. The Morgan fingerprint density at radius 1 is 0.667 bits per heavy atom. The molecule has 0 aliphatic heterocycles. The highest BCUT2D eigenvalue weighted by atomic mass is 28.4. The molecule has 0 aromatic heterocycles. The van der Waals surface area contributed by atoms with Crippen LogP contribution < -0.4 is 4.43 Å². The van der Waals surface area contributed by atoms with Crippen LogP contribution in [0.5, 0.6) is 5.75 Å². The fourth-order valence-corrected chi connectivity index (χ4v) is 9.64. The lowest BCUT2D eigenvalue weighted by molar-refractivity contribution is 0.0162. The molecule has 2 aromatic rings. The third kappa shape index (κ3) is 4.45. The average Bonchev–Trinajstić information content (AvgIpc) is 2.65. The molecule has 2 atom stereocenters. The zero-order chi connectivity index (χ0) is 20.2. The molecule has 0 aliphatic carbocycles. The second-order valence-corrected chi connectivity index (χ2v) is 13.6. The van der Waals surface area contributed by atoms with E-state index >= 15 is 0 Å². The van der Waals surface area contributed by atoms with E-state index in [2.05, 4.69) is 41.5 Å². The van der Waals surface area contributed by atoms with Crippen LogP contribution in [0.25, 0.3) is 0 Å². The Kier molecular flexibility index (Phi) is 7.26. The number of hydrogen-bond donors (Lipinski definition) is 2. The van der Waals surface area contributed by atoms with E-state index in [1.807, 2.05) is 54.6 Å². The van der Waals surface area contributed by atoms with Crippen molar-refractivity contribution in [3.63, 3.8) is 0 Å². The Morgan fingerprint density at radius 3 is 1.67 bits per heavy atom. The van der Waals surface area contributed by atoms with E-state index in [0.29, 0.717) is 33.5 Å². The number of para-hydroxylation sites is 1. The van der Waals surface area contributed by atoms with Gasteiger partial charge in [0.2, 0.25) is 0 Å². The molecule has 0 saturated heterocycles. The lowest BCUT2D eigenvalue weighted by atomic mass is 9.98. The summed E-state index contributed by atoms with van der Waals surface area (Å²) in [5, 5.41) is 21.6. The molecule has 0 fully saturated rings. The van der Waals surface area contributed by atoms with E-state index in [-0.39, 0.29) is 0 Å². The molecule has 0 spiro atoms. The maximum atomic E-state index is 10.9. The molecular formula is C23H34O3Si. The van der Waals surface area contributed by atoms with Gasteiger partial charge in [0.25, 0.3) is 8.32 Å². The van der Waals surface area contributed by atoms with Crippen molar-refractivity contribution in [1.82, 2.24) is 0 Å². The van der Waals surface area contributed by atoms with E-state index in [9.17, 15) is 10.2 Å². The van der Waals surface area contributed by atoms with Crippen LogP contribution in [0.4, 0.5) is 0 Å². The van der Waals surface area contributed by atoms with Gasteiger partial charge >= 0.3 is 0 Å². The molecule has 2 rings (SSSR count). The van der Waals surface area contributed by atoms with Crippen molar-refractivity contribution in [1.29, 1.82) is 0 Å². The third-order valence-electron chi connectivity index (χ3n) is 5.67. The highest BCUT2D eigenvalue weighted by Crippen LogP contribution is 2.44. The minimum atomic E-state index is -2.15. The minimum Gasteiger partial charge on any atom is -0.542 e. The van der Waals surface area contributed by atoms with E-state index in [0.717, 1.165) is 0 Å². The highest BCUT2D eigenvalue weighted by molar-refractivity contribution is 6.78. The molecular weight excluding hydrogens is 352 g/mol. The second kappa shape index (κ2) is 9.05.